The van der Waals surface area contributed by atoms with Gasteiger partial charge in [-0.3, -0.25) is 9.59 Å². The molecule has 0 bridgehead atoms. The summed E-state index contributed by atoms with van der Waals surface area (Å²) in [7, 11) is 0. The quantitative estimate of drug-likeness (QED) is 0.587. The molecule has 0 unspecified atom stereocenters. The molecular weight excluding hydrogens is 213 g/mol. The van der Waals surface area contributed by atoms with Crippen molar-refractivity contribution in [3.8, 4) is 5.75 Å². The fourth-order valence-electron chi connectivity index (χ4n) is 1.42. The number of fused-ring (bicyclic) bond motifs is 1. The number of benzene rings is 1. The van der Waals surface area contributed by atoms with Gasteiger partial charge in [-0.05, 0) is 12.1 Å². The maximum absolute atomic E-state index is 13.5. The molecule has 0 atom stereocenters. The van der Waals surface area contributed by atoms with Gasteiger partial charge in [-0.15, -0.1) is 0 Å². The van der Waals surface area contributed by atoms with Gasteiger partial charge in [-0.2, -0.15) is 0 Å². The fraction of sp³-hybridized carbons (Fsp3) is 0.0909. The number of aromatic amines is 1. The first-order valence-corrected chi connectivity index (χ1v) is 4.57. The molecule has 0 spiro atoms. The lowest BCUT2D eigenvalue weighted by Crippen LogP contribution is -2.05. The van der Waals surface area contributed by atoms with Gasteiger partial charge in [0.1, 0.15) is 5.75 Å². The predicted octanol–water partition coefficient (Wildman–Crippen LogP) is 1.59. The molecule has 16 heavy (non-hydrogen) atoms. The highest BCUT2D eigenvalue weighted by Gasteiger charge is 2.06. The van der Waals surface area contributed by atoms with Gasteiger partial charge in [0.2, 0.25) is 5.56 Å². The highest BCUT2D eigenvalue weighted by molar-refractivity contribution is 5.81. The number of hydrogen-bond acceptors (Lipinski definition) is 3. The number of carbonyl (C=O) groups excluding carboxylic acids is 1. The average molecular weight is 221 g/mol. The van der Waals surface area contributed by atoms with Gasteiger partial charge in [0, 0.05) is 24.4 Å². The molecule has 0 saturated heterocycles. The Balaban J connectivity index is 2.63. The van der Waals surface area contributed by atoms with Gasteiger partial charge >= 0.3 is 5.97 Å². The second-order valence-electron chi connectivity index (χ2n) is 3.29. The number of esters is 1. The summed E-state index contributed by atoms with van der Waals surface area (Å²) < 4.78 is 18.3. The van der Waals surface area contributed by atoms with Crippen molar-refractivity contribution >= 4 is 16.9 Å². The molecule has 1 aromatic heterocycles. The Labute approximate surface area is 89.7 Å². The topological polar surface area (TPSA) is 59.2 Å². The van der Waals surface area contributed by atoms with Crippen LogP contribution in [0.3, 0.4) is 0 Å². The summed E-state index contributed by atoms with van der Waals surface area (Å²) in [6.07, 6.45) is 0. The third-order valence-electron chi connectivity index (χ3n) is 2.02. The largest absolute Gasteiger partial charge is 0.427 e. The minimum absolute atomic E-state index is 0.100. The van der Waals surface area contributed by atoms with Crippen molar-refractivity contribution < 1.29 is 13.9 Å². The lowest BCUT2D eigenvalue weighted by Gasteiger charge is -2.04. The molecule has 0 amide bonds. The summed E-state index contributed by atoms with van der Waals surface area (Å²) in [5.74, 6) is -1.04. The number of aromatic nitrogens is 1. The Hall–Kier alpha value is -2.17. The number of nitrogens with one attached hydrogen (secondary N) is 1. The van der Waals surface area contributed by atoms with Crippen LogP contribution in [0, 0.1) is 5.82 Å². The highest BCUT2D eigenvalue weighted by atomic mass is 19.1. The van der Waals surface area contributed by atoms with Gasteiger partial charge in [0.05, 0.1) is 5.52 Å². The first-order valence-electron chi connectivity index (χ1n) is 4.57. The lowest BCUT2D eigenvalue weighted by molar-refractivity contribution is -0.131. The summed E-state index contributed by atoms with van der Waals surface area (Å²) in [5, 5.41) is 0.468. The Bertz CT molecular complexity index is 618. The van der Waals surface area contributed by atoms with Crippen LogP contribution >= 0.6 is 0 Å². The van der Waals surface area contributed by atoms with E-state index in [2.05, 4.69) is 4.98 Å². The normalized spacial score (nSPS) is 10.4. The van der Waals surface area contributed by atoms with Crippen molar-refractivity contribution in [3.05, 3.63) is 40.4 Å². The summed E-state index contributed by atoms with van der Waals surface area (Å²) >= 11 is 0. The van der Waals surface area contributed by atoms with Crippen LogP contribution in [-0.2, 0) is 4.79 Å². The summed E-state index contributed by atoms with van der Waals surface area (Å²) in [4.78, 5) is 24.1. The zero-order chi connectivity index (χ0) is 11.7. The fourth-order valence-corrected chi connectivity index (χ4v) is 1.42. The summed E-state index contributed by atoms with van der Waals surface area (Å²) in [5.41, 5.74) is -0.282. The maximum Gasteiger partial charge on any atom is 0.308 e. The van der Waals surface area contributed by atoms with Gasteiger partial charge in [0.25, 0.3) is 0 Å². The second-order valence-corrected chi connectivity index (χ2v) is 3.29. The van der Waals surface area contributed by atoms with Crippen molar-refractivity contribution in [1.29, 1.82) is 0 Å². The van der Waals surface area contributed by atoms with E-state index in [0.717, 1.165) is 6.07 Å². The van der Waals surface area contributed by atoms with Crippen LogP contribution in [-0.4, -0.2) is 11.0 Å². The molecule has 1 N–H and O–H groups in total. The first-order chi connectivity index (χ1) is 7.56. The Morgan fingerprint density at radius 3 is 2.81 bits per heavy atom. The number of hydrogen-bond donors (Lipinski definition) is 1. The molecule has 1 heterocycles. The zero-order valence-electron chi connectivity index (χ0n) is 8.41. The van der Waals surface area contributed by atoms with Crippen LogP contribution in [0.2, 0.25) is 0 Å². The number of ether oxygens (including phenoxy) is 1. The van der Waals surface area contributed by atoms with E-state index in [4.69, 9.17) is 4.74 Å². The van der Waals surface area contributed by atoms with Crippen molar-refractivity contribution in [2.24, 2.45) is 0 Å². The third kappa shape index (κ3) is 1.93. The monoisotopic (exact) mass is 221 g/mol. The van der Waals surface area contributed by atoms with E-state index in [0.29, 0.717) is 5.39 Å². The van der Waals surface area contributed by atoms with Crippen LogP contribution in [0.4, 0.5) is 4.39 Å². The molecule has 0 aliphatic heterocycles. The lowest BCUT2D eigenvalue weighted by atomic mass is 10.2. The minimum Gasteiger partial charge on any atom is -0.427 e. The van der Waals surface area contributed by atoms with E-state index >= 15 is 0 Å². The smallest absolute Gasteiger partial charge is 0.308 e. The second kappa shape index (κ2) is 3.77. The number of rotatable bonds is 1. The van der Waals surface area contributed by atoms with E-state index in [9.17, 15) is 14.0 Å². The van der Waals surface area contributed by atoms with E-state index in [-0.39, 0.29) is 16.8 Å². The van der Waals surface area contributed by atoms with Crippen molar-refractivity contribution in [1.82, 2.24) is 4.98 Å². The molecular formula is C11H8FNO3. The number of carbonyl (C=O) groups is 1. The molecule has 2 rings (SSSR count). The Morgan fingerprint density at radius 1 is 1.38 bits per heavy atom. The van der Waals surface area contributed by atoms with Crippen LogP contribution in [0.1, 0.15) is 6.92 Å². The number of halogens is 1. The molecule has 1 aromatic carbocycles. The molecule has 0 aliphatic carbocycles. The van der Waals surface area contributed by atoms with Gasteiger partial charge in [-0.1, -0.05) is 0 Å². The zero-order valence-corrected chi connectivity index (χ0v) is 8.41. The van der Waals surface area contributed by atoms with Gasteiger partial charge in [0.15, 0.2) is 5.82 Å². The molecule has 2 aromatic rings. The molecule has 5 heteroatoms. The number of pyridine rings is 1. The number of H-pyrrole nitrogens is 1. The van der Waals surface area contributed by atoms with E-state index in [1.54, 1.807) is 0 Å². The van der Waals surface area contributed by atoms with Crippen LogP contribution in [0.25, 0.3) is 10.9 Å². The molecule has 4 nitrogen and oxygen atoms in total. The van der Waals surface area contributed by atoms with Crippen LogP contribution in [0.5, 0.6) is 5.75 Å². The SMILES string of the molecule is CC(=O)Oc1cc(F)c2[nH]c(=O)ccc2c1. The molecule has 82 valence electrons. The summed E-state index contributed by atoms with van der Waals surface area (Å²) in [6.45, 7) is 1.23. The first kappa shape index (κ1) is 10.4. The average Bonchev–Trinajstić information content (AvgIpc) is 2.18. The highest BCUT2D eigenvalue weighted by Crippen LogP contribution is 2.21. The van der Waals surface area contributed by atoms with Crippen LogP contribution in [0.15, 0.2) is 29.1 Å². The Kier molecular flexibility index (Phi) is 2.44. The van der Waals surface area contributed by atoms with E-state index in [1.165, 1.54) is 25.1 Å². The Morgan fingerprint density at radius 2 is 2.12 bits per heavy atom. The van der Waals surface area contributed by atoms with Crippen molar-refractivity contribution in [2.45, 2.75) is 6.92 Å². The predicted molar refractivity (Wildman–Crippen MR) is 55.8 cm³/mol. The molecule has 0 saturated carbocycles. The molecule has 0 radical (unpaired) electrons. The third-order valence-corrected chi connectivity index (χ3v) is 2.02. The van der Waals surface area contributed by atoms with Gasteiger partial charge < -0.3 is 9.72 Å². The summed E-state index contributed by atoms with van der Waals surface area (Å²) in [6, 6.07) is 5.28. The van der Waals surface area contributed by atoms with Gasteiger partial charge in [-0.25, -0.2) is 4.39 Å². The van der Waals surface area contributed by atoms with Crippen molar-refractivity contribution in [3.63, 3.8) is 0 Å². The molecule has 0 aliphatic rings. The van der Waals surface area contributed by atoms with E-state index in [1.807, 2.05) is 0 Å². The standard InChI is InChI=1S/C11H8FNO3/c1-6(14)16-8-4-7-2-3-10(15)13-11(7)9(12)5-8/h2-5H,1H3,(H,13,15). The molecule has 0 fully saturated rings. The minimum atomic E-state index is -0.633. The van der Waals surface area contributed by atoms with Crippen LogP contribution < -0.4 is 10.3 Å². The van der Waals surface area contributed by atoms with Crippen molar-refractivity contribution in [2.75, 3.05) is 0 Å². The van der Waals surface area contributed by atoms with E-state index < -0.39 is 11.8 Å². The maximum atomic E-state index is 13.5.